The molecule has 1 N–H and O–H groups in total. The van der Waals surface area contributed by atoms with Crippen molar-refractivity contribution in [3.05, 3.63) is 0 Å². The van der Waals surface area contributed by atoms with Crippen LogP contribution in [-0.2, 0) is 19.0 Å². The van der Waals surface area contributed by atoms with E-state index in [4.69, 9.17) is 19.3 Å². The molecule has 0 saturated carbocycles. The molecule has 17 heavy (non-hydrogen) atoms. The lowest BCUT2D eigenvalue weighted by molar-refractivity contribution is -0.238. The molecule has 0 spiro atoms. The first-order chi connectivity index (χ1) is 8.10. The molecule has 0 aromatic heterocycles. The average Bonchev–Trinajstić information content (AvgIpc) is 2.71. The highest BCUT2D eigenvalue weighted by Gasteiger charge is 2.45. The van der Waals surface area contributed by atoms with E-state index in [9.17, 15) is 4.79 Å². The number of aliphatic carboxylic acids is 1. The van der Waals surface area contributed by atoms with Crippen molar-refractivity contribution in [2.45, 2.75) is 57.0 Å². The molecule has 0 amide bonds. The predicted molar refractivity (Wildman–Crippen MR) is 59.7 cm³/mol. The lowest BCUT2D eigenvalue weighted by Crippen LogP contribution is -2.44. The molecule has 2 saturated heterocycles. The van der Waals surface area contributed by atoms with Crippen molar-refractivity contribution in [3.63, 3.8) is 0 Å². The second kappa shape index (κ2) is 5.33. The number of carbonyl (C=O) groups is 1. The largest absolute Gasteiger partial charge is 0.481 e. The molecule has 3 atom stereocenters. The Bertz CT molecular complexity index is 274. The monoisotopic (exact) mass is 244 g/mol. The molecule has 0 aromatic rings. The van der Waals surface area contributed by atoms with E-state index in [2.05, 4.69) is 0 Å². The number of rotatable bonds is 4. The topological polar surface area (TPSA) is 65.0 Å². The Labute approximate surface area is 101 Å². The van der Waals surface area contributed by atoms with Gasteiger partial charge in [0, 0.05) is 13.0 Å². The Morgan fingerprint density at radius 1 is 1.47 bits per heavy atom. The van der Waals surface area contributed by atoms with Crippen LogP contribution < -0.4 is 0 Å². The third-order valence-corrected chi connectivity index (χ3v) is 3.40. The Morgan fingerprint density at radius 3 is 2.94 bits per heavy atom. The highest BCUT2D eigenvalue weighted by atomic mass is 16.8. The summed E-state index contributed by atoms with van der Waals surface area (Å²) in [5.74, 6) is -1.49. The summed E-state index contributed by atoms with van der Waals surface area (Å²) in [4.78, 5) is 10.5. The van der Waals surface area contributed by atoms with Crippen LogP contribution in [0.15, 0.2) is 0 Å². The number of hydrogen-bond donors (Lipinski definition) is 1. The van der Waals surface area contributed by atoms with Gasteiger partial charge in [0.25, 0.3) is 0 Å². The third-order valence-electron chi connectivity index (χ3n) is 3.40. The first-order valence-electron chi connectivity index (χ1n) is 6.25. The van der Waals surface area contributed by atoms with Crippen molar-refractivity contribution >= 4 is 5.97 Å². The molecule has 0 aromatic carbocycles. The Hall–Kier alpha value is -0.650. The molecule has 3 unspecified atom stereocenters. The zero-order valence-electron chi connectivity index (χ0n) is 10.2. The summed E-state index contributed by atoms with van der Waals surface area (Å²) in [6.07, 6.45) is 3.64. The molecule has 0 radical (unpaired) electrons. The van der Waals surface area contributed by atoms with Crippen molar-refractivity contribution in [1.82, 2.24) is 0 Å². The normalized spacial score (nSPS) is 38.2. The van der Waals surface area contributed by atoms with Crippen LogP contribution in [0.3, 0.4) is 0 Å². The number of carboxylic acids is 1. The molecular formula is C12H20O5. The zero-order chi connectivity index (χ0) is 12.3. The molecule has 2 rings (SSSR count). The van der Waals surface area contributed by atoms with Gasteiger partial charge >= 0.3 is 5.97 Å². The maximum Gasteiger partial charge on any atom is 0.303 e. The fourth-order valence-corrected chi connectivity index (χ4v) is 2.41. The van der Waals surface area contributed by atoms with Gasteiger partial charge in [-0.25, -0.2) is 0 Å². The molecule has 2 aliphatic heterocycles. The fraction of sp³-hybridized carbons (Fsp3) is 0.917. The minimum Gasteiger partial charge on any atom is -0.481 e. The van der Waals surface area contributed by atoms with Crippen molar-refractivity contribution in [3.8, 4) is 0 Å². The summed E-state index contributed by atoms with van der Waals surface area (Å²) >= 11 is 0. The molecule has 2 aliphatic rings. The molecular weight excluding hydrogens is 224 g/mol. The van der Waals surface area contributed by atoms with Gasteiger partial charge in [-0.05, 0) is 32.6 Å². The van der Waals surface area contributed by atoms with Crippen molar-refractivity contribution in [1.29, 1.82) is 0 Å². The highest BCUT2D eigenvalue weighted by molar-refractivity contribution is 5.66. The molecule has 0 bridgehead atoms. The van der Waals surface area contributed by atoms with E-state index in [-0.39, 0.29) is 18.6 Å². The van der Waals surface area contributed by atoms with Crippen LogP contribution in [0.25, 0.3) is 0 Å². The highest BCUT2D eigenvalue weighted by Crippen LogP contribution is 2.34. The van der Waals surface area contributed by atoms with E-state index < -0.39 is 11.8 Å². The van der Waals surface area contributed by atoms with Gasteiger partial charge in [-0.3, -0.25) is 4.79 Å². The van der Waals surface area contributed by atoms with Gasteiger partial charge in [0.05, 0.1) is 12.7 Å². The summed E-state index contributed by atoms with van der Waals surface area (Å²) in [7, 11) is 0. The second-order valence-electron chi connectivity index (χ2n) is 4.85. The van der Waals surface area contributed by atoms with E-state index in [1.54, 1.807) is 0 Å². The van der Waals surface area contributed by atoms with E-state index >= 15 is 0 Å². The lowest BCUT2D eigenvalue weighted by atomic mass is 10.0. The van der Waals surface area contributed by atoms with Gasteiger partial charge < -0.3 is 19.3 Å². The second-order valence-corrected chi connectivity index (χ2v) is 4.85. The fourth-order valence-electron chi connectivity index (χ4n) is 2.41. The van der Waals surface area contributed by atoms with Crippen LogP contribution in [0.4, 0.5) is 0 Å². The van der Waals surface area contributed by atoms with Crippen molar-refractivity contribution < 1.29 is 24.1 Å². The van der Waals surface area contributed by atoms with Crippen LogP contribution in [0, 0.1) is 0 Å². The van der Waals surface area contributed by atoms with Crippen LogP contribution in [0.2, 0.25) is 0 Å². The summed E-state index contributed by atoms with van der Waals surface area (Å²) in [6.45, 7) is 3.11. The predicted octanol–water partition coefficient (Wildman–Crippen LogP) is 1.55. The van der Waals surface area contributed by atoms with Crippen LogP contribution in [0.5, 0.6) is 0 Å². The molecule has 0 aliphatic carbocycles. The Kier molecular flexibility index (Phi) is 4.01. The molecule has 5 nitrogen and oxygen atoms in total. The summed E-state index contributed by atoms with van der Waals surface area (Å²) in [6, 6.07) is 0. The average molecular weight is 244 g/mol. The van der Waals surface area contributed by atoms with Gasteiger partial charge in [-0.15, -0.1) is 0 Å². The third kappa shape index (κ3) is 3.18. The van der Waals surface area contributed by atoms with Crippen LogP contribution in [-0.4, -0.2) is 42.3 Å². The number of ether oxygens (including phenoxy) is 3. The summed E-state index contributed by atoms with van der Waals surface area (Å²) in [5.41, 5.74) is 0. The quantitative estimate of drug-likeness (QED) is 0.812. The SMILES string of the molecule is CC1(C2CCCCO2)OCC(CCC(=O)O)O1. The van der Waals surface area contributed by atoms with Gasteiger partial charge in [0.15, 0.2) is 5.79 Å². The van der Waals surface area contributed by atoms with E-state index in [1.807, 2.05) is 6.92 Å². The number of hydrogen-bond acceptors (Lipinski definition) is 4. The number of carboxylic acid groups (broad SMARTS) is 1. The molecule has 98 valence electrons. The van der Waals surface area contributed by atoms with Crippen LogP contribution >= 0.6 is 0 Å². The van der Waals surface area contributed by atoms with Gasteiger partial charge in [-0.1, -0.05) is 0 Å². The van der Waals surface area contributed by atoms with Gasteiger partial charge in [0.1, 0.15) is 6.10 Å². The maximum atomic E-state index is 10.5. The lowest BCUT2D eigenvalue weighted by Gasteiger charge is -2.35. The van der Waals surface area contributed by atoms with Crippen LogP contribution in [0.1, 0.15) is 39.0 Å². The first kappa shape index (κ1) is 12.8. The molecule has 2 heterocycles. The first-order valence-corrected chi connectivity index (χ1v) is 6.25. The summed E-state index contributed by atoms with van der Waals surface area (Å²) in [5, 5.41) is 8.63. The summed E-state index contributed by atoms with van der Waals surface area (Å²) < 4.78 is 17.2. The molecule has 2 fully saturated rings. The van der Waals surface area contributed by atoms with E-state index in [0.29, 0.717) is 13.0 Å². The minimum atomic E-state index is -0.795. The smallest absolute Gasteiger partial charge is 0.303 e. The Morgan fingerprint density at radius 2 is 2.29 bits per heavy atom. The maximum absolute atomic E-state index is 10.5. The van der Waals surface area contributed by atoms with Gasteiger partial charge in [-0.2, -0.15) is 0 Å². The molecule has 5 heteroatoms. The standard InChI is InChI=1S/C12H20O5/c1-12(10-4-2-3-7-15-10)16-8-9(17-12)5-6-11(13)14/h9-10H,2-8H2,1H3,(H,13,14). The minimum absolute atomic E-state index is 0.0221. The van der Waals surface area contributed by atoms with Gasteiger partial charge in [0.2, 0.25) is 0 Å². The van der Waals surface area contributed by atoms with E-state index in [0.717, 1.165) is 25.9 Å². The zero-order valence-corrected chi connectivity index (χ0v) is 10.2. The Balaban J connectivity index is 1.84. The van der Waals surface area contributed by atoms with Crippen molar-refractivity contribution in [2.75, 3.05) is 13.2 Å². The van der Waals surface area contributed by atoms with Crippen molar-refractivity contribution in [2.24, 2.45) is 0 Å². The van der Waals surface area contributed by atoms with E-state index in [1.165, 1.54) is 0 Å².